The summed E-state index contributed by atoms with van der Waals surface area (Å²) >= 11 is 0. The van der Waals surface area contributed by atoms with Crippen LogP contribution in [-0.4, -0.2) is 68.2 Å². The Kier molecular flexibility index (Phi) is 5.68. The molecule has 30 heavy (non-hydrogen) atoms. The number of para-hydroxylation sites is 1. The van der Waals surface area contributed by atoms with E-state index in [0.717, 1.165) is 25.1 Å². The fourth-order valence-electron chi connectivity index (χ4n) is 4.50. The van der Waals surface area contributed by atoms with Crippen molar-refractivity contribution in [2.45, 2.75) is 31.7 Å². The SMILES string of the molecule is O=C(CN1CCCc2ccccc21)NNC(=O)C1CC(=O)N(C2CCS(=O)(=O)C2)C1. The highest BCUT2D eigenvalue weighted by atomic mass is 32.2. The maximum Gasteiger partial charge on any atom is 0.257 e. The summed E-state index contributed by atoms with van der Waals surface area (Å²) in [6, 6.07) is 7.61. The van der Waals surface area contributed by atoms with E-state index in [9.17, 15) is 22.8 Å². The molecular formula is C20H26N4O5S. The molecule has 0 aliphatic carbocycles. The van der Waals surface area contributed by atoms with Crippen molar-refractivity contribution in [3.8, 4) is 0 Å². The van der Waals surface area contributed by atoms with Gasteiger partial charge in [-0.2, -0.15) is 0 Å². The van der Waals surface area contributed by atoms with Gasteiger partial charge in [0.25, 0.3) is 5.91 Å². The number of anilines is 1. The van der Waals surface area contributed by atoms with Crippen LogP contribution in [-0.2, 0) is 30.6 Å². The molecule has 3 aliphatic heterocycles. The first-order valence-electron chi connectivity index (χ1n) is 10.2. The van der Waals surface area contributed by atoms with Crippen molar-refractivity contribution in [1.29, 1.82) is 0 Å². The maximum atomic E-state index is 12.4. The van der Waals surface area contributed by atoms with Crippen molar-refractivity contribution in [3.05, 3.63) is 29.8 Å². The molecule has 3 aliphatic rings. The molecule has 0 radical (unpaired) electrons. The van der Waals surface area contributed by atoms with E-state index in [1.807, 2.05) is 23.1 Å². The van der Waals surface area contributed by atoms with E-state index in [1.165, 1.54) is 10.5 Å². The van der Waals surface area contributed by atoms with Gasteiger partial charge in [0.2, 0.25) is 11.8 Å². The highest BCUT2D eigenvalue weighted by Gasteiger charge is 2.42. The summed E-state index contributed by atoms with van der Waals surface area (Å²) in [5, 5.41) is 0. The van der Waals surface area contributed by atoms with Crippen molar-refractivity contribution in [3.63, 3.8) is 0 Å². The Hall–Kier alpha value is -2.62. The van der Waals surface area contributed by atoms with Gasteiger partial charge in [0.15, 0.2) is 9.84 Å². The Labute approximate surface area is 175 Å². The average molecular weight is 435 g/mol. The average Bonchev–Trinajstić information content (AvgIpc) is 3.28. The number of sulfone groups is 1. The quantitative estimate of drug-likeness (QED) is 0.625. The fourth-order valence-corrected chi connectivity index (χ4v) is 6.23. The van der Waals surface area contributed by atoms with Crippen LogP contribution in [0.15, 0.2) is 24.3 Å². The molecule has 2 atom stereocenters. The summed E-state index contributed by atoms with van der Waals surface area (Å²) in [6.45, 7) is 1.09. The molecule has 2 N–H and O–H groups in total. The fraction of sp³-hybridized carbons (Fsp3) is 0.550. The number of benzene rings is 1. The molecule has 0 aromatic heterocycles. The lowest BCUT2D eigenvalue weighted by Crippen LogP contribution is -2.49. The Balaban J connectivity index is 1.27. The first kappa shape index (κ1) is 20.6. The number of nitrogens with one attached hydrogen (secondary N) is 2. The standard InChI is InChI=1S/C20H26N4O5S/c25-18(12-23-8-3-5-14-4-1-2-6-17(14)23)21-22-20(27)15-10-19(26)24(11-15)16-7-9-30(28,29)13-16/h1-2,4,6,15-16H,3,5,7-13H2,(H,21,25)(H,22,27). The van der Waals surface area contributed by atoms with Crippen LogP contribution in [0.3, 0.4) is 0 Å². The summed E-state index contributed by atoms with van der Waals surface area (Å²) in [7, 11) is -3.11. The van der Waals surface area contributed by atoms with E-state index in [-0.39, 0.29) is 48.9 Å². The number of hydrogen-bond donors (Lipinski definition) is 2. The number of nitrogens with zero attached hydrogens (tertiary/aromatic N) is 2. The molecule has 3 heterocycles. The minimum atomic E-state index is -3.11. The van der Waals surface area contributed by atoms with Gasteiger partial charge < -0.3 is 9.80 Å². The molecule has 1 aromatic carbocycles. The van der Waals surface area contributed by atoms with Crippen molar-refractivity contribution in [2.75, 3.05) is 36.0 Å². The van der Waals surface area contributed by atoms with Gasteiger partial charge >= 0.3 is 0 Å². The van der Waals surface area contributed by atoms with Gasteiger partial charge in [0, 0.05) is 31.2 Å². The van der Waals surface area contributed by atoms with Gasteiger partial charge in [-0.3, -0.25) is 25.2 Å². The molecule has 3 amide bonds. The normalized spacial score (nSPS) is 25.1. The first-order valence-corrected chi connectivity index (χ1v) is 12.1. The highest BCUT2D eigenvalue weighted by molar-refractivity contribution is 7.91. The summed E-state index contributed by atoms with van der Waals surface area (Å²) in [5.41, 5.74) is 7.11. The van der Waals surface area contributed by atoms with E-state index in [4.69, 9.17) is 0 Å². The third-order valence-corrected chi connectivity index (χ3v) is 7.79. The van der Waals surface area contributed by atoms with Crippen LogP contribution >= 0.6 is 0 Å². The van der Waals surface area contributed by atoms with Gasteiger partial charge in [0.1, 0.15) is 0 Å². The minimum absolute atomic E-state index is 0.0255. The summed E-state index contributed by atoms with van der Waals surface area (Å²) < 4.78 is 23.3. The number of fused-ring (bicyclic) bond motifs is 1. The molecule has 0 spiro atoms. The summed E-state index contributed by atoms with van der Waals surface area (Å²) in [6.07, 6.45) is 2.39. The first-order chi connectivity index (χ1) is 14.3. The number of likely N-dealkylation sites (tertiary alicyclic amines) is 1. The highest BCUT2D eigenvalue weighted by Crippen LogP contribution is 2.27. The lowest BCUT2D eigenvalue weighted by molar-refractivity contribution is -0.131. The summed E-state index contributed by atoms with van der Waals surface area (Å²) in [4.78, 5) is 40.5. The number of rotatable bonds is 4. The van der Waals surface area contributed by atoms with E-state index in [0.29, 0.717) is 6.42 Å². The Bertz CT molecular complexity index is 964. The zero-order valence-electron chi connectivity index (χ0n) is 16.7. The van der Waals surface area contributed by atoms with Gasteiger partial charge in [-0.1, -0.05) is 18.2 Å². The van der Waals surface area contributed by atoms with Crippen molar-refractivity contribution < 1.29 is 22.8 Å². The largest absolute Gasteiger partial charge is 0.362 e. The number of hydrazine groups is 1. The molecule has 9 nitrogen and oxygen atoms in total. The molecular weight excluding hydrogens is 408 g/mol. The second-order valence-corrected chi connectivity index (χ2v) is 10.4. The number of carbonyl (C=O) groups is 3. The van der Waals surface area contributed by atoms with Crippen molar-refractivity contribution in [1.82, 2.24) is 15.8 Å². The lowest BCUT2D eigenvalue weighted by atomic mass is 10.0. The zero-order valence-corrected chi connectivity index (χ0v) is 17.5. The molecule has 2 unspecified atom stereocenters. The molecule has 10 heteroatoms. The number of aryl methyl sites for hydroxylation is 1. The van der Waals surface area contributed by atoms with Gasteiger partial charge in [-0.05, 0) is 30.9 Å². The van der Waals surface area contributed by atoms with Crippen LogP contribution in [0, 0.1) is 5.92 Å². The minimum Gasteiger partial charge on any atom is -0.362 e. The van der Waals surface area contributed by atoms with Crippen molar-refractivity contribution >= 4 is 33.2 Å². The summed E-state index contributed by atoms with van der Waals surface area (Å²) in [5.74, 6) is -1.54. The maximum absolute atomic E-state index is 12.4. The van der Waals surface area contributed by atoms with E-state index >= 15 is 0 Å². The topological polar surface area (TPSA) is 116 Å². The molecule has 0 saturated carbocycles. The molecule has 162 valence electrons. The zero-order chi connectivity index (χ0) is 21.3. The smallest absolute Gasteiger partial charge is 0.257 e. The lowest BCUT2D eigenvalue weighted by Gasteiger charge is -2.30. The third-order valence-electron chi connectivity index (χ3n) is 6.04. The Morgan fingerprint density at radius 2 is 1.97 bits per heavy atom. The molecule has 2 fully saturated rings. The number of amides is 3. The third kappa shape index (κ3) is 4.43. The molecule has 4 rings (SSSR count). The van der Waals surface area contributed by atoms with Crippen LogP contribution in [0.5, 0.6) is 0 Å². The van der Waals surface area contributed by atoms with Crippen LogP contribution in [0.25, 0.3) is 0 Å². The molecule has 1 aromatic rings. The second-order valence-electron chi connectivity index (χ2n) is 8.20. The van der Waals surface area contributed by atoms with Crippen LogP contribution in [0.2, 0.25) is 0 Å². The Morgan fingerprint density at radius 1 is 1.17 bits per heavy atom. The van der Waals surface area contributed by atoms with Crippen LogP contribution in [0.4, 0.5) is 5.69 Å². The molecule has 0 bridgehead atoms. The van der Waals surface area contributed by atoms with Crippen molar-refractivity contribution in [2.24, 2.45) is 5.92 Å². The monoisotopic (exact) mass is 434 g/mol. The molecule has 2 saturated heterocycles. The van der Waals surface area contributed by atoms with E-state index < -0.39 is 21.7 Å². The van der Waals surface area contributed by atoms with Gasteiger partial charge in [-0.15, -0.1) is 0 Å². The number of carbonyl (C=O) groups excluding carboxylic acids is 3. The number of hydrogen-bond acceptors (Lipinski definition) is 6. The van der Waals surface area contributed by atoms with Crippen LogP contribution < -0.4 is 15.8 Å². The van der Waals surface area contributed by atoms with E-state index in [2.05, 4.69) is 16.9 Å². The predicted molar refractivity (Wildman–Crippen MR) is 110 cm³/mol. The predicted octanol–water partition coefficient (Wildman–Crippen LogP) is -0.378. The second kappa shape index (κ2) is 8.25. The van der Waals surface area contributed by atoms with E-state index in [1.54, 1.807) is 0 Å². The van der Waals surface area contributed by atoms with Gasteiger partial charge in [-0.25, -0.2) is 8.42 Å². The van der Waals surface area contributed by atoms with Gasteiger partial charge in [0.05, 0.1) is 24.0 Å². The van der Waals surface area contributed by atoms with Crippen LogP contribution in [0.1, 0.15) is 24.8 Å². The Morgan fingerprint density at radius 3 is 2.73 bits per heavy atom.